The second kappa shape index (κ2) is 5.92. The molecular formula is C10H18N2O4S2. The SMILES string of the molecule is C[C@H](CS)C(=O)N1CCCC1C(=O)NS(C)(=O)=O. The minimum atomic E-state index is -3.59. The molecule has 1 heterocycles. The molecule has 0 aromatic carbocycles. The lowest BCUT2D eigenvalue weighted by Crippen LogP contribution is -2.48. The molecule has 1 aliphatic rings. The van der Waals surface area contributed by atoms with Crippen molar-refractivity contribution in [1.82, 2.24) is 9.62 Å². The molecule has 1 aliphatic heterocycles. The number of carbonyl (C=O) groups excluding carboxylic acids is 2. The fourth-order valence-electron chi connectivity index (χ4n) is 1.91. The Morgan fingerprint density at radius 1 is 1.50 bits per heavy atom. The summed E-state index contributed by atoms with van der Waals surface area (Å²) >= 11 is 4.05. The number of carbonyl (C=O) groups is 2. The van der Waals surface area contributed by atoms with Gasteiger partial charge in [0.05, 0.1) is 6.26 Å². The van der Waals surface area contributed by atoms with Gasteiger partial charge in [-0.1, -0.05) is 6.92 Å². The Bertz CT molecular complexity index is 435. The van der Waals surface area contributed by atoms with Crippen molar-refractivity contribution in [2.24, 2.45) is 5.92 Å². The smallest absolute Gasteiger partial charge is 0.256 e. The number of sulfonamides is 1. The first-order chi connectivity index (χ1) is 8.26. The summed E-state index contributed by atoms with van der Waals surface area (Å²) in [6.45, 7) is 2.22. The average Bonchev–Trinajstić information content (AvgIpc) is 2.73. The molecule has 0 radical (unpaired) electrons. The van der Waals surface area contributed by atoms with Gasteiger partial charge in [0.25, 0.3) is 5.91 Å². The minimum absolute atomic E-state index is 0.156. The van der Waals surface area contributed by atoms with E-state index in [1.807, 2.05) is 4.72 Å². The molecule has 2 atom stereocenters. The summed E-state index contributed by atoms with van der Waals surface area (Å²) < 4.78 is 24.0. The van der Waals surface area contributed by atoms with E-state index in [9.17, 15) is 18.0 Å². The fourth-order valence-corrected chi connectivity index (χ4v) is 2.57. The Kier molecular flexibility index (Phi) is 5.03. The lowest BCUT2D eigenvalue weighted by molar-refractivity contribution is -0.140. The molecule has 1 unspecified atom stereocenters. The zero-order valence-corrected chi connectivity index (χ0v) is 12.1. The zero-order valence-electron chi connectivity index (χ0n) is 10.4. The van der Waals surface area contributed by atoms with Crippen LogP contribution in [0.5, 0.6) is 0 Å². The van der Waals surface area contributed by atoms with Crippen molar-refractivity contribution in [3.63, 3.8) is 0 Å². The number of rotatable bonds is 4. The van der Waals surface area contributed by atoms with Crippen LogP contribution in [0.4, 0.5) is 0 Å². The maximum atomic E-state index is 12.0. The van der Waals surface area contributed by atoms with Crippen LogP contribution in [0.3, 0.4) is 0 Å². The maximum Gasteiger partial charge on any atom is 0.256 e. The molecule has 18 heavy (non-hydrogen) atoms. The summed E-state index contributed by atoms with van der Waals surface area (Å²) in [5.41, 5.74) is 0. The summed E-state index contributed by atoms with van der Waals surface area (Å²) in [5, 5.41) is 0. The standard InChI is InChI=1S/C10H18N2O4S2/c1-7(6-17)10(14)12-5-3-4-8(12)9(13)11-18(2,15)16/h7-8,17H,3-6H2,1-2H3,(H,11,13)/t7-,8?/m1/s1. The molecule has 6 nitrogen and oxygen atoms in total. The molecule has 0 spiro atoms. The number of hydrogen-bond donors (Lipinski definition) is 2. The second-order valence-corrected chi connectivity index (χ2v) is 6.63. The van der Waals surface area contributed by atoms with Gasteiger partial charge in [-0.2, -0.15) is 12.6 Å². The average molecular weight is 294 g/mol. The third-order valence-corrected chi connectivity index (χ3v) is 3.94. The van der Waals surface area contributed by atoms with Crippen molar-refractivity contribution in [2.75, 3.05) is 18.6 Å². The third kappa shape index (κ3) is 3.88. The molecular weight excluding hydrogens is 276 g/mol. The van der Waals surface area contributed by atoms with Crippen LogP contribution in [0, 0.1) is 5.92 Å². The first-order valence-electron chi connectivity index (χ1n) is 5.69. The Morgan fingerprint density at radius 3 is 2.61 bits per heavy atom. The van der Waals surface area contributed by atoms with Gasteiger partial charge in [-0.05, 0) is 12.8 Å². The van der Waals surface area contributed by atoms with E-state index in [1.54, 1.807) is 6.92 Å². The van der Waals surface area contributed by atoms with Gasteiger partial charge in [0, 0.05) is 18.2 Å². The predicted octanol–water partition coefficient (Wildman–Crippen LogP) is -0.381. The highest BCUT2D eigenvalue weighted by molar-refractivity contribution is 7.89. The normalized spacial score (nSPS) is 21.7. The predicted molar refractivity (Wildman–Crippen MR) is 70.7 cm³/mol. The van der Waals surface area contributed by atoms with E-state index < -0.39 is 22.0 Å². The number of hydrogen-bond acceptors (Lipinski definition) is 5. The Balaban J connectivity index is 2.76. The quantitative estimate of drug-likeness (QED) is 0.692. The van der Waals surface area contributed by atoms with E-state index in [2.05, 4.69) is 12.6 Å². The van der Waals surface area contributed by atoms with E-state index in [0.717, 1.165) is 6.26 Å². The van der Waals surface area contributed by atoms with Gasteiger partial charge in [-0.15, -0.1) is 0 Å². The number of nitrogens with zero attached hydrogens (tertiary/aromatic N) is 1. The van der Waals surface area contributed by atoms with Gasteiger partial charge < -0.3 is 4.90 Å². The number of thiol groups is 1. The summed E-state index contributed by atoms with van der Waals surface area (Å²) in [4.78, 5) is 25.2. The molecule has 0 bridgehead atoms. The van der Waals surface area contributed by atoms with Crippen molar-refractivity contribution in [3.05, 3.63) is 0 Å². The topological polar surface area (TPSA) is 83.6 Å². The Hall–Kier alpha value is -0.760. The lowest BCUT2D eigenvalue weighted by Gasteiger charge is -2.25. The molecule has 0 aromatic rings. The fraction of sp³-hybridized carbons (Fsp3) is 0.800. The van der Waals surface area contributed by atoms with Crippen LogP contribution in [-0.4, -0.2) is 49.7 Å². The molecule has 0 aromatic heterocycles. The molecule has 1 rings (SSSR count). The summed E-state index contributed by atoms with van der Waals surface area (Å²) in [5.74, 6) is -0.665. The van der Waals surface area contributed by atoms with E-state index in [1.165, 1.54) is 4.90 Å². The van der Waals surface area contributed by atoms with Crippen molar-refractivity contribution in [2.45, 2.75) is 25.8 Å². The number of likely N-dealkylation sites (tertiary alicyclic amines) is 1. The number of nitrogens with one attached hydrogen (secondary N) is 1. The molecule has 2 amide bonds. The van der Waals surface area contributed by atoms with E-state index in [0.29, 0.717) is 25.1 Å². The Morgan fingerprint density at radius 2 is 2.11 bits per heavy atom. The van der Waals surface area contributed by atoms with Crippen molar-refractivity contribution >= 4 is 34.5 Å². The van der Waals surface area contributed by atoms with E-state index in [4.69, 9.17) is 0 Å². The molecule has 104 valence electrons. The molecule has 1 saturated heterocycles. The largest absolute Gasteiger partial charge is 0.330 e. The molecule has 0 saturated carbocycles. The lowest BCUT2D eigenvalue weighted by atomic mass is 10.1. The Labute approximate surface area is 113 Å². The van der Waals surface area contributed by atoms with Gasteiger partial charge in [-0.3, -0.25) is 14.3 Å². The van der Waals surface area contributed by atoms with Crippen molar-refractivity contribution in [1.29, 1.82) is 0 Å². The van der Waals surface area contributed by atoms with Crippen LogP contribution in [0.15, 0.2) is 0 Å². The highest BCUT2D eigenvalue weighted by atomic mass is 32.2. The van der Waals surface area contributed by atoms with Crippen molar-refractivity contribution < 1.29 is 18.0 Å². The maximum absolute atomic E-state index is 12.0. The summed E-state index contributed by atoms with van der Waals surface area (Å²) in [6.07, 6.45) is 2.11. The molecule has 1 N–H and O–H groups in total. The third-order valence-electron chi connectivity index (χ3n) is 2.82. The van der Waals surface area contributed by atoms with Gasteiger partial charge in [0.15, 0.2) is 0 Å². The zero-order chi connectivity index (χ0) is 13.9. The molecule has 1 fully saturated rings. The molecule has 0 aliphatic carbocycles. The van der Waals surface area contributed by atoms with Crippen LogP contribution >= 0.6 is 12.6 Å². The van der Waals surface area contributed by atoms with Crippen LogP contribution < -0.4 is 4.72 Å². The second-order valence-electron chi connectivity index (χ2n) is 4.51. The summed E-state index contributed by atoms with van der Waals surface area (Å²) in [6, 6.07) is -0.686. The summed E-state index contributed by atoms with van der Waals surface area (Å²) in [7, 11) is -3.59. The highest BCUT2D eigenvalue weighted by Crippen LogP contribution is 2.20. The first-order valence-corrected chi connectivity index (χ1v) is 8.21. The van der Waals surface area contributed by atoms with Crippen LogP contribution in [0.2, 0.25) is 0 Å². The monoisotopic (exact) mass is 294 g/mol. The highest BCUT2D eigenvalue weighted by Gasteiger charge is 2.36. The van der Waals surface area contributed by atoms with Gasteiger partial charge in [-0.25, -0.2) is 8.42 Å². The van der Waals surface area contributed by atoms with Gasteiger partial charge in [0.1, 0.15) is 6.04 Å². The van der Waals surface area contributed by atoms with Crippen molar-refractivity contribution in [3.8, 4) is 0 Å². The van der Waals surface area contributed by atoms with Crippen LogP contribution in [-0.2, 0) is 19.6 Å². The number of amides is 2. The van der Waals surface area contributed by atoms with E-state index in [-0.39, 0.29) is 11.8 Å². The first kappa shape index (κ1) is 15.3. The van der Waals surface area contributed by atoms with E-state index >= 15 is 0 Å². The minimum Gasteiger partial charge on any atom is -0.330 e. The van der Waals surface area contributed by atoms with Gasteiger partial charge in [0.2, 0.25) is 15.9 Å². The van der Waals surface area contributed by atoms with Gasteiger partial charge >= 0.3 is 0 Å². The van der Waals surface area contributed by atoms with Crippen LogP contribution in [0.25, 0.3) is 0 Å². The van der Waals surface area contributed by atoms with Crippen LogP contribution in [0.1, 0.15) is 19.8 Å². The molecule has 8 heteroatoms.